The van der Waals surface area contributed by atoms with E-state index in [0.29, 0.717) is 32.1 Å². The van der Waals surface area contributed by atoms with Gasteiger partial charge in [0.25, 0.3) is 5.91 Å². The Kier molecular flexibility index (Phi) is 5.29. The maximum atomic E-state index is 12.2. The van der Waals surface area contributed by atoms with E-state index in [2.05, 4.69) is 10.3 Å². The number of carbonyl (C=O) groups excluding carboxylic acids is 1. The standard InChI is InChI=1S/C18H13ClN2O4S/c1-25-14-6-5-12(19)7-11(14)9-15-16(22)21-18(26-15)20-13-4-2-3-10(8-13)17(23)24/h2-9H,1H3,(H,23,24)(H,20,21,22)/b15-9+. The van der Waals surface area contributed by atoms with Crippen molar-refractivity contribution in [2.75, 3.05) is 7.11 Å². The maximum absolute atomic E-state index is 12.2. The van der Waals surface area contributed by atoms with Crippen molar-refractivity contribution in [3.05, 3.63) is 63.5 Å². The zero-order chi connectivity index (χ0) is 18.7. The summed E-state index contributed by atoms with van der Waals surface area (Å²) >= 11 is 7.16. The Bertz CT molecular complexity index is 956. The van der Waals surface area contributed by atoms with Crippen LogP contribution in [0.1, 0.15) is 15.9 Å². The van der Waals surface area contributed by atoms with Crippen molar-refractivity contribution in [1.82, 2.24) is 5.32 Å². The number of aliphatic imine (C=N–C) groups is 1. The third-order valence-corrected chi connectivity index (χ3v) is 4.60. The fourth-order valence-corrected chi connectivity index (χ4v) is 3.28. The van der Waals surface area contributed by atoms with E-state index in [1.54, 1.807) is 36.4 Å². The van der Waals surface area contributed by atoms with Gasteiger partial charge in [-0.3, -0.25) is 4.79 Å². The van der Waals surface area contributed by atoms with Crippen LogP contribution in [-0.4, -0.2) is 29.3 Å². The summed E-state index contributed by atoms with van der Waals surface area (Å²) in [4.78, 5) is 27.9. The number of nitrogens with one attached hydrogen (secondary N) is 1. The van der Waals surface area contributed by atoms with Crippen LogP contribution in [0.15, 0.2) is 52.4 Å². The molecule has 0 spiro atoms. The van der Waals surface area contributed by atoms with Gasteiger partial charge in [0.2, 0.25) is 0 Å². The van der Waals surface area contributed by atoms with Crippen LogP contribution in [0.3, 0.4) is 0 Å². The first kappa shape index (κ1) is 18.0. The van der Waals surface area contributed by atoms with Gasteiger partial charge >= 0.3 is 5.97 Å². The van der Waals surface area contributed by atoms with E-state index in [0.717, 1.165) is 11.8 Å². The van der Waals surface area contributed by atoms with E-state index in [1.165, 1.54) is 19.2 Å². The number of carboxylic acid groups (broad SMARTS) is 1. The number of amidine groups is 1. The molecule has 0 aromatic heterocycles. The van der Waals surface area contributed by atoms with Crippen molar-refractivity contribution in [1.29, 1.82) is 0 Å². The third kappa shape index (κ3) is 4.07. The number of amides is 1. The number of halogens is 1. The van der Waals surface area contributed by atoms with E-state index in [9.17, 15) is 9.59 Å². The van der Waals surface area contributed by atoms with E-state index in [4.69, 9.17) is 21.4 Å². The maximum Gasteiger partial charge on any atom is 0.335 e. The molecule has 2 aromatic carbocycles. The molecule has 1 amide bonds. The number of carboxylic acids is 1. The molecular weight excluding hydrogens is 376 g/mol. The zero-order valence-electron chi connectivity index (χ0n) is 13.5. The molecule has 0 unspecified atom stereocenters. The van der Waals surface area contributed by atoms with Crippen LogP contribution < -0.4 is 10.1 Å². The Morgan fingerprint density at radius 1 is 1.31 bits per heavy atom. The number of rotatable bonds is 4. The first-order valence-electron chi connectivity index (χ1n) is 7.43. The summed E-state index contributed by atoms with van der Waals surface area (Å²) < 4.78 is 5.27. The van der Waals surface area contributed by atoms with Crippen LogP contribution in [-0.2, 0) is 4.79 Å². The minimum absolute atomic E-state index is 0.126. The van der Waals surface area contributed by atoms with Crippen LogP contribution in [0.4, 0.5) is 5.69 Å². The smallest absolute Gasteiger partial charge is 0.335 e. The molecule has 6 nitrogen and oxygen atoms in total. The fourth-order valence-electron chi connectivity index (χ4n) is 2.27. The van der Waals surface area contributed by atoms with Gasteiger partial charge in [-0.1, -0.05) is 17.7 Å². The molecule has 132 valence electrons. The van der Waals surface area contributed by atoms with E-state index >= 15 is 0 Å². The molecule has 1 aliphatic heterocycles. The summed E-state index contributed by atoms with van der Waals surface area (Å²) in [6.45, 7) is 0. The second kappa shape index (κ2) is 7.63. The van der Waals surface area contributed by atoms with Crippen molar-refractivity contribution in [3.8, 4) is 5.75 Å². The molecule has 0 radical (unpaired) electrons. The van der Waals surface area contributed by atoms with E-state index < -0.39 is 5.97 Å². The summed E-state index contributed by atoms with van der Waals surface area (Å²) in [5, 5.41) is 12.6. The van der Waals surface area contributed by atoms with Gasteiger partial charge in [0.15, 0.2) is 5.17 Å². The van der Waals surface area contributed by atoms with Gasteiger partial charge in [-0.15, -0.1) is 0 Å². The number of nitrogens with zero attached hydrogens (tertiary/aromatic N) is 1. The molecule has 2 N–H and O–H groups in total. The predicted octanol–water partition coefficient (Wildman–Crippen LogP) is 3.94. The van der Waals surface area contributed by atoms with Crippen molar-refractivity contribution >= 4 is 52.2 Å². The highest BCUT2D eigenvalue weighted by molar-refractivity contribution is 8.18. The molecule has 1 heterocycles. The van der Waals surface area contributed by atoms with Gasteiger partial charge < -0.3 is 15.2 Å². The first-order valence-corrected chi connectivity index (χ1v) is 8.62. The van der Waals surface area contributed by atoms with Crippen molar-refractivity contribution in [2.24, 2.45) is 4.99 Å². The first-order chi connectivity index (χ1) is 12.5. The van der Waals surface area contributed by atoms with Crippen molar-refractivity contribution in [3.63, 3.8) is 0 Å². The number of hydrogen-bond donors (Lipinski definition) is 2. The lowest BCUT2D eigenvalue weighted by molar-refractivity contribution is -0.115. The van der Waals surface area contributed by atoms with Gasteiger partial charge in [0.1, 0.15) is 5.75 Å². The van der Waals surface area contributed by atoms with Gasteiger partial charge in [0, 0.05) is 10.6 Å². The quantitative estimate of drug-likeness (QED) is 0.774. The largest absolute Gasteiger partial charge is 0.496 e. The van der Waals surface area contributed by atoms with Crippen LogP contribution >= 0.6 is 23.4 Å². The number of benzene rings is 2. The molecule has 1 saturated heterocycles. The Morgan fingerprint density at radius 2 is 2.12 bits per heavy atom. The van der Waals surface area contributed by atoms with Crippen LogP contribution in [0.5, 0.6) is 5.75 Å². The molecule has 1 fully saturated rings. The van der Waals surface area contributed by atoms with Crippen LogP contribution in [0.2, 0.25) is 5.02 Å². The van der Waals surface area contributed by atoms with E-state index in [1.807, 2.05) is 0 Å². The number of aromatic carboxylic acids is 1. The molecule has 0 aliphatic carbocycles. The number of ether oxygens (including phenoxy) is 1. The summed E-state index contributed by atoms with van der Waals surface area (Å²) in [5.41, 5.74) is 1.24. The van der Waals surface area contributed by atoms with Gasteiger partial charge in [-0.05, 0) is 54.2 Å². The lowest BCUT2D eigenvalue weighted by atomic mass is 10.2. The molecular formula is C18H13ClN2O4S. The number of carbonyl (C=O) groups is 2. The Morgan fingerprint density at radius 3 is 2.85 bits per heavy atom. The SMILES string of the molecule is COc1ccc(Cl)cc1/C=C1/SC(=Nc2cccc(C(=O)O)c2)NC1=O. The average molecular weight is 389 g/mol. The highest BCUT2D eigenvalue weighted by Crippen LogP contribution is 2.31. The second-order valence-electron chi connectivity index (χ2n) is 5.22. The summed E-state index contributed by atoms with van der Waals surface area (Å²) in [6, 6.07) is 11.3. The van der Waals surface area contributed by atoms with Gasteiger partial charge in [-0.25, -0.2) is 9.79 Å². The second-order valence-corrected chi connectivity index (χ2v) is 6.69. The average Bonchev–Trinajstić information content (AvgIpc) is 2.94. The number of methoxy groups -OCH3 is 1. The monoisotopic (exact) mass is 388 g/mol. The molecule has 0 atom stereocenters. The van der Waals surface area contributed by atoms with E-state index in [-0.39, 0.29) is 11.5 Å². The van der Waals surface area contributed by atoms with Gasteiger partial charge in [0.05, 0.1) is 23.3 Å². The summed E-state index contributed by atoms with van der Waals surface area (Å²) in [5.74, 6) is -0.746. The Hall–Kier alpha value is -2.77. The molecule has 26 heavy (non-hydrogen) atoms. The minimum atomic E-state index is -1.04. The Balaban J connectivity index is 1.88. The zero-order valence-corrected chi connectivity index (χ0v) is 15.1. The predicted molar refractivity (Wildman–Crippen MR) is 102 cm³/mol. The van der Waals surface area contributed by atoms with Crippen molar-refractivity contribution < 1.29 is 19.4 Å². The fraction of sp³-hybridized carbons (Fsp3) is 0.0556. The molecule has 2 aromatic rings. The summed E-state index contributed by atoms with van der Waals surface area (Å²) in [6.07, 6.45) is 1.67. The number of thioether (sulfide) groups is 1. The van der Waals surface area contributed by atoms with Crippen LogP contribution in [0, 0.1) is 0 Å². The lowest BCUT2D eigenvalue weighted by Crippen LogP contribution is -2.19. The lowest BCUT2D eigenvalue weighted by Gasteiger charge is -2.05. The van der Waals surface area contributed by atoms with Crippen LogP contribution in [0.25, 0.3) is 6.08 Å². The molecule has 1 aliphatic rings. The highest BCUT2D eigenvalue weighted by atomic mass is 35.5. The van der Waals surface area contributed by atoms with Gasteiger partial charge in [-0.2, -0.15) is 0 Å². The molecule has 0 saturated carbocycles. The Labute approximate surface area is 158 Å². The molecule has 0 bridgehead atoms. The third-order valence-electron chi connectivity index (χ3n) is 3.45. The number of hydrogen-bond acceptors (Lipinski definition) is 5. The summed E-state index contributed by atoms with van der Waals surface area (Å²) in [7, 11) is 1.54. The normalized spacial score (nSPS) is 16.8. The minimum Gasteiger partial charge on any atom is -0.496 e. The highest BCUT2D eigenvalue weighted by Gasteiger charge is 2.24. The topological polar surface area (TPSA) is 88.0 Å². The van der Waals surface area contributed by atoms with Crippen molar-refractivity contribution in [2.45, 2.75) is 0 Å². The molecule has 3 rings (SSSR count). The molecule has 8 heteroatoms.